The number of nitrogens with one attached hydrogen (secondary N) is 1. The number of amides is 1. The first-order chi connectivity index (χ1) is 15.8. The second-order valence-electron chi connectivity index (χ2n) is 7.01. The van der Waals surface area contributed by atoms with Gasteiger partial charge >= 0.3 is 0 Å². The maximum atomic E-state index is 12.9. The molecule has 0 fully saturated rings. The maximum absolute atomic E-state index is 12.9. The second-order valence-corrected chi connectivity index (χ2v) is 9.67. The molecule has 1 N–H and O–H groups in total. The van der Waals surface area contributed by atoms with Crippen molar-refractivity contribution in [2.75, 3.05) is 18.9 Å². The van der Waals surface area contributed by atoms with E-state index < -0.39 is 15.9 Å². The van der Waals surface area contributed by atoms with Crippen LogP contribution in [-0.4, -0.2) is 33.1 Å². The molecule has 1 heterocycles. The van der Waals surface area contributed by atoms with E-state index in [4.69, 9.17) is 9.47 Å². The third-order valence-electron chi connectivity index (χ3n) is 4.93. The van der Waals surface area contributed by atoms with E-state index in [1.54, 1.807) is 74.4 Å². The SMILES string of the molecule is COc1ccc(OC)c2c1sc(=NC(=O)c1cccc(NS(=O)(=O)c3ccccc3)c1)n2C. The fourth-order valence-corrected chi connectivity index (χ4v) is 5.51. The summed E-state index contributed by atoms with van der Waals surface area (Å²) < 4.78 is 41.1. The smallest absolute Gasteiger partial charge is 0.279 e. The Morgan fingerprint density at radius 1 is 0.970 bits per heavy atom. The Morgan fingerprint density at radius 2 is 1.67 bits per heavy atom. The fourth-order valence-electron chi connectivity index (χ4n) is 3.31. The minimum Gasteiger partial charge on any atom is -0.495 e. The molecule has 0 atom stereocenters. The lowest BCUT2D eigenvalue weighted by Gasteiger charge is -2.08. The molecule has 1 aromatic heterocycles. The van der Waals surface area contributed by atoms with E-state index >= 15 is 0 Å². The van der Waals surface area contributed by atoms with Crippen molar-refractivity contribution in [3.63, 3.8) is 0 Å². The number of hydrogen-bond donors (Lipinski definition) is 1. The topological polar surface area (TPSA) is 99.0 Å². The normalized spacial score (nSPS) is 12.0. The number of ether oxygens (including phenoxy) is 2. The minimum absolute atomic E-state index is 0.131. The number of fused-ring (bicyclic) bond motifs is 1. The number of thiazole rings is 1. The van der Waals surface area contributed by atoms with Gasteiger partial charge in [-0.2, -0.15) is 4.99 Å². The molecule has 0 spiro atoms. The molecule has 8 nitrogen and oxygen atoms in total. The van der Waals surface area contributed by atoms with Crippen LogP contribution in [0.1, 0.15) is 10.4 Å². The van der Waals surface area contributed by atoms with Crippen LogP contribution in [0.4, 0.5) is 5.69 Å². The molecule has 0 aliphatic rings. The molecule has 33 heavy (non-hydrogen) atoms. The molecule has 170 valence electrons. The number of carbonyl (C=O) groups is 1. The van der Waals surface area contributed by atoms with Gasteiger partial charge < -0.3 is 14.0 Å². The van der Waals surface area contributed by atoms with E-state index in [-0.39, 0.29) is 16.1 Å². The van der Waals surface area contributed by atoms with Crippen molar-refractivity contribution in [3.8, 4) is 11.5 Å². The van der Waals surface area contributed by atoms with Crippen molar-refractivity contribution in [2.45, 2.75) is 4.90 Å². The van der Waals surface area contributed by atoms with Crippen molar-refractivity contribution in [3.05, 3.63) is 77.1 Å². The lowest BCUT2D eigenvalue weighted by molar-refractivity contribution is 0.0998. The zero-order chi connectivity index (χ0) is 23.6. The Hall–Kier alpha value is -3.63. The van der Waals surface area contributed by atoms with Crippen molar-refractivity contribution in [2.24, 2.45) is 12.0 Å². The Kier molecular flexibility index (Phi) is 6.21. The number of methoxy groups -OCH3 is 2. The summed E-state index contributed by atoms with van der Waals surface area (Å²) in [5.41, 5.74) is 1.28. The van der Waals surface area contributed by atoms with E-state index in [1.807, 2.05) is 0 Å². The molecule has 0 unspecified atom stereocenters. The summed E-state index contributed by atoms with van der Waals surface area (Å²) in [7, 11) is 1.16. The highest BCUT2D eigenvalue weighted by molar-refractivity contribution is 7.92. The van der Waals surface area contributed by atoms with Gasteiger partial charge in [0.25, 0.3) is 15.9 Å². The summed E-state index contributed by atoms with van der Waals surface area (Å²) in [5.74, 6) is 0.782. The number of benzene rings is 3. The van der Waals surface area contributed by atoms with E-state index in [1.165, 1.54) is 29.5 Å². The molecule has 0 saturated carbocycles. The average molecular weight is 484 g/mol. The second kappa shape index (κ2) is 9.08. The monoisotopic (exact) mass is 483 g/mol. The van der Waals surface area contributed by atoms with Crippen molar-refractivity contribution in [1.29, 1.82) is 0 Å². The molecule has 4 aromatic rings. The van der Waals surface area contributed by atoms with Gasteiger partial charge in [-0.05, 0) is 42.5 Å². The first-order valence-electron chi connectivity index (χ1n) is 9.81. The van der Waals surface area contributed by atoms with Gasteiger partial charge in [0.2, 0.25) is 0 Å². The molecule has 1 amide bonds. The fraction of sp³-hybridized carbons (Fsp3) is 0.130. The number of hydrogen-bond acceptors (Lipinski definition) is 6. The molecular weight excluding hydrogens is 462 g/mol. The zero-order valence-corrected chi connectivity index (χ0v) is 19.7. The van der Waals surface area contributed by atoms with Gasteiger partial charge in [-0.3, -0.25) is 9.52 Å². The third-order valence-corrected chi connectivity index (χ3v) is 7.47. The summed E-state index contributed by atoms with van der Waals surface area (Å²) in [6.07, 6.45) is 0. The molecule has 0 radical (unpaired) electrons. The Bertz CT molecular complexity index is 1510. The van der Waals surface area contributed by atoms with Gasteiger partial charge in [0.15, 0.2) is 4.80 Å². The van der Waals surface area contributed by atoms with Crippen LogP contribution in [0.25, 0.3) is 10.2 Å². The Balaban J connectivity index is 1.70. The van der Waals surface area contributed by atoms with Crippen LogP contribution in [0, 0.1) is 0 Å². The van der Waals surface area contributed by atoms with Crippen molar-refractivity contribution < 1.29 is 22.7 Å². The standard InChI is InChI=1S/C23H21N3O5S2/c1-26-20-18(30-2)12-13-19(31-3)21(20)32-23(26)24-22(27)15-8-7-9-16(14-15)25-33(28,29)17-10-5-4-6-11-17/h4-14,25H,1-3H3. The van der Waals surface area contributed by atoms with Crippen LogP contribution in [0.3, 0.4) is 0 Å². The summed E-state index contributed by atoms with van der Waals surface area (Å²) in [4.78, 5) is 17.8. The van der Waals surface area contributed by atoms with Gasteiger partial charge in [-0.1, -0.05) is 35.6 Å². The number of nitrogens with zero attached hydrogens (tertiary/aromatic N) is 2. The quantitative estimate of drug-likeness (QED) is 0.450. The molecule has 0 saturated heterocycles. The molecule has 0 aliphatic carbocycles. The highest BCUT2D eigenvalue weighted by Gasteiger charge is 2.16. The van der Waals surface area contributed by atoms with Crippen LogP contribution in [0.2, 0.25) is 0 Å². The molecule has 3 aromatic carbocycles. The number of aryl methyl sites for hydroxylation is 1. The highest BCUT2D eigenvalue weighted by atomic mass is 32.2. The van der Waals surface area contributed by atoms with Crippen LogP contribution in [0.15, 0.2) is 76.6 Å². The number of anilines is 1. The Morgan fingerprint density at radius 3 is 2.36 bits per heavy atom. The molecule has 0 aliphatic heterocycles. The van der Waals surface area contributed by atoms with Gasteiger partial charge in [-0.25, -0.2) is 8.42 Å². The number of aromatic nitrogens is 1. The zero-order valence-electron chi connectivity index (χ0n) is 18.1. The van der Waals surface area contributed by atoms with Crippen LogP contribution < -0.4 is 19.0 Å². The number of rotatable bonds is 6. The van der Waals surface area contributed by atoms with Crippen molar-refractivity contribution >= 4 is 43.2 Å². The average Bonchev–Trinajstić information content (AvgIpc) is 3.15. The van der Waals surface area contributed by atoms with E-state index in [0.29, 0.717) is 16.3 Å². The van der Waals surface area contributed by atoms with E-state index in [0.717, 1.165) is 10.2 Å². The van der Waals surface area contributed by atoms with E-state index in [2.05, 4.69) is 9.71 Å². The Labute approximate surface area is 194 Å². The van der Waals surface area contributed by atoms with Gasteiger partial charge in [0.1, 0.15) is 21.7 Å². The van der Waals surface area contributed by atoms with Gasteiger partial charge in [0.05, 0.1) is 19.1 Å². The van der Waals surface area contributed by atoms with Crippen LogP contribution in [-0.2, 0) is 17.1 Å². The molecule has 10 heteroatoms. The molecular formula is C23H21N3O5S2. The molecule has 0 bridgehead atoms. The summed E-state index contributed by atoms with van der Waals surface area (Å²) >= 11 is 1.30. The molecule has 4 rings (SSSR count). The van der Waals surface area contributed by atoms with E-state index in [9.17, 15) is 13.2 Å². The summed E-state index contributed by atoms with van der Waals surface area (Å²) in [6, 6.07) is 17.8. The van der Waals surface area contributed by atoms with Crippen LogP contribution >= 0.6 is 11.3 Å². The number of sulfonamides is 1. The van der Waals surface area contributed by atoms with Crippen LogP contribution in [0.5, 0.6) is 11.5 Å². The predicted octanol–water partition coefficient (Wildman–Crippen LogP) is 3.80. The summed E-state index contributed by atoms with van der Waals surface area (Å²) in [6.45, 7) is 0. The van der Waals surface area contributed by atoms with Gasteiger partial charge in [-0.15, -0.1) is 0 Å². The van der Waals surface area contributed by atoms with Crippen molar-refractivity contribution in [1.82, 2.24) is 4.57 Å². The minimum atomic E-state index is -3.78. The maximum Gasteiger partial charge on any atom is 0.279 e. The van der Waals surface area contributed by atoms with Gasteiger partial charge in [0, 0.05) is 18.3 Å². The number of carbonyl (C=O) groups excluding carboxylic acids is 1. The third kappa shape index (κ3) is 4.48. The predicted molar refractivity (Wildman–Crippen MR) is 127 cm³/mol. The summed E-state index contributed by atoms with van der Waals surface area (Å²) in [5, 5.41) is 0. The first kappa shape index (κ1) is 22.6. The first-order valence-corrected chi connectivity index (χ1v) is 12.1. The lowest BCUT2D eigenvalue weighted by atomic mass is 10.2. The largest absolute Gasteiger partial charge is 0.495 e. The lowest BCUT2D eigenvalue weighted by Crippen LogP contribution is -2.15. The highest BCUT2D eigenvalue weighted by Crippen LogP contribution is 2.34.